The van der Waals surface area contributed by atoms with E-state index >= 15 is 0 Å². The number of carbonyl (C=O) groups excluding carboxylic acids is 1. The molecule has 0 fully saturated rings. The van der Waals surface area contributed by atoms with Crippen LogP contribution in [0, 0.1) is 29.1 Å². The van der Waals surface area contributed by atoms with Crippen LogP contribution in [0.3, 0.4) is 0 Å². The summed E-state index contributed by atoms with van der Waals surface area (Å²) >= 11 is 0. The average molecular weight is 341 g/mol. The molecular weight excluding hydrogens is 325 g/mol. The van der Waals surface area contributed by atoms with Crippen LogP contribution in [0.25, 0.3) is 0 Å². The van der Waals surface area contributed by atoms with Crippen molar-refractivity contribution in [2.45, 2.75) is 25.6 Å². The third-order valence-electron chi connectivity index (χ3n) is 3.23. The highest BCUT2D eigenvalue weighted by Crippen LogP contribution is 2.23. The molecule has 0 aliphatic carbocycles. The maximum atomic E-state index is 13.4. The zero-order chi connectivity index (χ0) is 17.1. The largest absolute Gasteiger partial charge is 0.420 e. The van der Waals surface area contributed by atoms with Crippen LogP contribution in [0.5, 0.6) is 0 Å². The fourth-order valence-electron chi connectivity index (χ4n) is 1.71. The molecule has 9 heteroatoms. The number of amides is 1. The molecule has 124 valence electrons. The second kappa shape index (κ2) is 7.19. The summed E-state index contributed by atoms with van der Waals surface area (Å²) in [6.45, 7) is 3.93. The summed E-state index contributed by atoms with van der Waals surface area (Å²) in [6.07, 6.45) is 0.466. The van der Waals surface area contributed by atoms with Crippen LogP contribution in [-0.2, 0) is 4.43 Å². The van der Waals surface area contributed by atoms with Crippen LogP contribution in [0.1, 0.15) is 16.8 Å². The van der Waals surface area contributed by atoms with E-state index in [9.17, 15) is 26.7 Å². The summed E-state index contributed by atoms with van der Waals surface area (Å²) in [6, 6.07) is 0.668. The first-order valence-electron chi connectivity index (χ1n) is 6.47. The van der Waals surface area contributed by atoms with Crippen molar-refractivity contribution in [1.82, 2.24) is 5.32 Å². The second-order valence-electron chi connectivity index (χ2n) is 5.27. The molecule has 0 heterocycles. The number of nitrogens with one attached hydrogen (secondary N) is 1. The monoisotopic (exact) mass is 341 g/mol. The predicted octanol–water partition coefficient (Wildman–Crippen LogP) is 3.35. The van der Waals surface area contributed by atoms with E-state index < -0.39 is 48.9 Å². The molecule has 1 aromatic carbocycles. The number of halogens is 5. The van der Waals surface area contributed by atoms with Gasteiger partial charge in [0.25, 0.3) is 5.91 Å². The zero-order valence-electron chi connectivity index (χ0n) is 12.3. The molecule has 0 saturated heterocycles. The van der Waals surface area contributed by atoms with Gasteiger partial charge in [-0.3, -0.25) is 4.79 Å². The lowest BCUT2D eigenvalue weighted by Gasteiger charge is -2.19. The third kappa shape index (κ3) is 4.04. The van der Waals surface area contributed by atoms with Gasteiger partial charge in [0.2, 0.25) is 5.82 Å². The Morgan fingerprint density at radius 1 is 1.00 bits per heavy atom. The minimum atomic E-state index is -2.29. The molecule has 0 aliphatic rings. The SMILES string of the molecule is CO[Si](C)(C)CCCNC(=O)c1c(F)c(F)c(F)c(F)c1F. The Labute approximate surface area is 125 Å². The molecule has 3 nitrogen and oxygen atoms in total. The van der Waals surface area contributed by atoms with Gasteiger partial charge in [-0.05, 0) is 25.6 Å². The van der Waals surface area contributed by atoms with Crippen LogP contribution in [-0.4, -0.2) is 27.9 Å². The minimum Gasteiger partial charge on any atom is -0.420 e. The molecule has 1 amide bonds. The fraction of sp³-hybridized carbons (Fsp3) is 0.462. The average Bonchev–Trinajstić information content (AvgIpc) is 2.48. The smallest absolute Gasteiger partial charge is 0.257 e. The van der Waals surface area contributed by atoms with Crippen LogP contribution >= 0.6 is 0 Å². The number of carbonyl (C=O) groups is 1. The van der Waals surface area contributed by atoms with Gasteiger partial charge in [0, 0.05) is 13.7 Å². The number of hydrogen-bond donors (Lipinski definition) is 1. The Hall–Kier alpha value is -1.48. The molecule has 0 radical (unpaired) electrons. The van der Waals surface area contributed by atoms with E-state index in [-0.39, 0.29) is 6.54 Å². The Kier molecular flexibility index (Phi) is 6.06. The second-order valence-corrected chi connectivity index (χ2v) is 9.70. The standard InChI is InChI=1S/C13H16F5NO2Si/c1-21-22(2,3)6-4-5-19-13(20)7-8(14)10(16)12(18)11(17)9(7)15/h4-6H2,1-3H3,(H,19,20). The van der Waals surface area contributed by atoms with Gasteiger partial charge in [0.05, 0.1) is 0 Å². The Morgan fingerprint density at radius 3 is 1.91 bits per heavy atom. The summed E-state index contributed by atoms with van der Waals surface area (Å²) in [7, 11) is -0.276. The molecule has 0 saturated carbocycles. The van der Waals surface area contributed by atoms with Gasteiger partial charge < -0.3 is 9.74 Å². The fourth-order valence-corrected chi connectivity index (χ4v) is 2.94. The molecule has 22 heavy (non-hydrogen) atoms. The molecule has 0 aromatic heterocycles. The summed E-state index contributed by atoms with van der Waals surface area (Å²) in [4.78, 5) is 11.6. The van der Waals surface area contributed by atoms with E-state index in [0.29, 0.717) is 12.5 Å². The molecule has 0 atom stereocenters. The zero-order valence-corrected chi connectivity index (χ0v) is 13.3. The van der Waals surface area contributed by atoms with Crippen LogP contribution in [0.2, 0.25) is 19.1 Å². The molecule has 1 N–H and O–H groups in total. The first-order chi connectivity index (χ1) is 10.1. The lowest BCUT2D eigenvalue weighted by atomic mass is 10.1. The van der Waals surface area contributed by atoms with E-state index in [1.54, 1.807) is 7.11 Å². The first kappa shape index (κ1) is 18.6. The van der Waals surface area contributed by atoms with E-state index in [4.69, 9.17) is 4.43 Å². The van der Waals surface area contributed by atoms with Crippen molar-refractivity contribution < 1.29 is 31.2 Å². The first-order valence-corrected chi connectivity index (χ1v) is 9.58. The quantitative estimate of drug-likeness (QED) is 0.283. The van der Waals surface area contributed by atoms with Crippen molar-refractivity contribution in [3.63, 3.8) is 0 Å². The topological polar surface area (TPSA) is 38.3 Å². The molecule has 0 spiro atoms. The Balaban J connectivity index is 2.79. The van der Waals surface area contributed by atoms with Crippen molar-refractivity contribution >= 4 is 14.2 Å². The molecule has 1 rings (SSSR count). The van der Waals surface area contributed by atoms with Gasteiger partial charge in [-0.2, -0.15) is 0 Å². The number of benzene rings is 1. The number of hydrogen-bond acceptors (Lipinski definition) is 2. The van der Waals surface area contributed by atoms with E-state index in [2.05, 4.69) is 5.32 Å². The maximum absolute atomic E-state index is 13.4. The third-order valence-corrected chi connectivity index (χ3v) is 5.89. The normalized spacial score (nSPS) is 11.6. The molecule has 0 bridgehead atoms. The van der Waals surface area contributed by atoms with E-state index in [0.717, 1.165) is 0 Å². The van der Waals surface area contributed by atoms with Crippen LogP contribution < -0.4 is 5.32 Å². The summed E-state index contributed by atoms with van der Waals surface area (Å²) in [5.74, 6) is -12.2. The number of rotatable bonds is 6. The van der Waals surface area contributed by atoms with Crippen molar-refractivity contribution in [3.8, 4) is 0 Å². The van der Waals surface area contributed by atoms with Crippen molar-refractivity contribution in [1.29, 1.82) is 0 Å². The summed E-state index contributed by atoms with van der Waals surface area (Å²) < 4.78 is 71.0. The predicted molar refractivity (Wildman–Crippen MR) is 72.5 cm³/mol. The summed E-state index contributed by atoms with van der Waals surface area (Å²) in [5, 5.41) is 2.14. The molecule has 0 aliphatic heterocycles. The van der Waals surface area contributed by atoms with Crippen molar-refractivity contribution in [2.24, 2.45) is 0 Å². The van der Waals surface area contributed by atoms with Gasteiger partial charge in [-0.1, -0.05) is 0 Å². The molecule has 1 aromatic rings. The lowest BCUT2D eigenvalue weighted by Crippen LogP contribution is -2.32. The van der Waals surface area contributed by atoms with Crippen molar-refractivity contribution in [3.05, 3.63) is 34.6 Å². The van der Waals surface area contributed by atoms with Crippen LogP contribution in [0.15, 0.2) is 0 Å². The summed E-state index contributed by atoms with van der Waals surface area (Å²) in [5.41, 5.74) is -1.47. The highest BCUT2D eigenvalue weighted by Gasteiger charge is 2.29. The highest BCUT2D eigenvalue weighted by molar-refractivity contribution is 6.71. The Morgan fingerprint density at radius 2 is 1.45 bits per heavy atom. The van der Waals surface area contributed by atoms with Gasteiger partial charge >= 0.3 is 0 Å². The minimum absolute atomic E-state index is 0.0398. The van der Waals surface area contributed by atoms with Gasteiger partial charge in [0.1, 0.15) is 5.56 Å². The van der Waals surface area contributed by atoms with Gasteiger partial charge in [-0.15, -0.1) is 0 Å². The van der Waals surface area contributed by atoms with Gasteiger partial charge in [0.15, 0.2) is 31.6 Å². The lowest BCUT2D eigenvalue weighted by molar-refractivity contribution is 0.0941. The van der Waals surface area contributed by atoms with E-state index in [1.807, 2.05) is 13.1 Å². The van der Waals surface area contributed by atoms with E-state index in [1.165, 1.54) is 0 Å². The van der Waals surface area contributed by atoms with Crippen molar-refractivity contribution in [2.75, 3.05) is 13.7 Å². The Bertz CT molecular complexity index is 551. The highest BCUT2D eigenvalue weighted by atomic mass is 28.4. The van der Waals surface area contributed by atoms with Gasteiger partial charge in [-0.25, -0.2) is 22.0 Å². The van der Waals surface area contributed by atoms with Crippen LogP contribution in [0.4, 0.5) is 22.0 Å². The maximum Gasteiger partial charge on any atom is 0.257 e. The molecule has 0 unspecified atom stereocenters. The molecular formula is C13H16F5NO2Si.